The Balaban J connectivity index is 1.83. The predicted molar refractivity (Wildman–Crippen MR) is 119 cm³/mol. The molecule has 2 amide bonds. The van der Waals surface area contributed by atoms with Gasteiger partial charge in [-0.1, -0.05) is 29.8 Å². The van der Waals surface area contributed by atoms with Crippen LogP contribution in [-0.4, -0.2) is 39.4 Å². The van der Waals surface area contributed by atoms with Crippen molar-refractivity contribution in [3.05, 3.63) is 69.9 Å². The van der Waals surface area contributed by atoms with E-state index in [1.807, 2.05) is 12.1 Å². The van der Waals surface area contributed by atoms with E-state index in [0.717, 1.165) is 5.56 Å². The summed E-state index contributed by atoms with van der Waals surface area (Å²) in [7, 11) is 3.04. The number of amides is 2. The Hall–Kier alpha value is -3.23. The average molecular weight is 461 g/mol. The molecule has 32 heavy (non-hydrogen) atoms. The maximum Gasteiger partial charge on any atom is 0.338 e. The first-order valence-electron chi connectivity index (χ1n) is 9.92. The Labute approximate surface area is 191 Å². The maximum absolute atomic E-state index is 12.7. The molecule has 8 nitrogen and oxygen atoms in total. The SMILES string of the molecule is COCCOC(=O)C1=C(C)NC(=O)N[C@@H]1c1ccc(OCc2ccc(Cl)cc2)c(OC)c1. The molecule has 0 bridgehead atoms. The second-order valence-corrected chi connectivity index (χ2v) is 7.46. The fourth-order valence-electron chi connectivity index (χ4n) is 3.23. The van der Waals surface area contributed by atoms with Gasteiger partial charge in [-0.3, -0.25) is 0 Å². The molecule has 0 aromatic heterocycles. The number of halogens is 1. The molecule has 0 fully saturated rings. The fourth-order valence-corrected chi connectivity index (χ4v) is 3.36. The smallest absolute Gasteiger partial charge is 0.338 e. The number of allylic oxidation sites excluding steroid dienone is 1. The molecule has 9 heteroatoms. The van der Waals surface area contributed by atoms with Gasteiger partial charge >= 0.3 is 12.0 Å². The van der Waals surface area contributed by atoms with Crippen molar-refractivity contribution in [3.63, 3.8) is 0 Å². The standard InChI is InChI=1S/C23H25ClN2O6/c1-14-20(22(27)31-11-10-29-2)21(26-23(28)25-14)16-6-9-18(19(12-16)30-3)32-13-15-4-7-17(24)8-5-15/h4-9,12,21H,10-11,13H2,1-3H3,(H2,25,26,28)/t21-/m1/s1. The van der Waals surface area contributed by atoms with Gasteiger partial charge in [0.05, 0.1) is 25.3 Å². The molecule has 2 aromatic carbocycles. The summed E-state index contributed by atoms with van der Waals surface area (Å²) in [5.41, 5.74) is 2.32. The molecular formula is C23H25ClN2O6. The Morgan fingerprint density at radius 3 is 2.50 bits per heavy atom. The van der Waals surface area contributed by atoms with Gasteiger partial charge in [0.1, 0.15) is 13.2 Å². The van der Waals surface area contributed by atoms with Gasteiger partial charge in [0.2, 0.25) is 0 Å². The topological polar surface area (TPSA) is 95.1 Å². The molecule has 2 N–H and O–H groups in total. The zero-order valence-electron chi connectivity index (χ0n) is 18.1. The van der Waals surface area contributed by atoms with Crippen molar-refractivity contribution in [1.82, 2.24) is 10.6 Å². The fraction of sp³-hybridized carbons (Fsp3) is 0.304. The molecule has 1 atom stereocenters. The van der Waals surface area contributed by atoms with Crippen LogP contribution in [0, 0.1) is 0 Å². The summed E-state index contributed by atoms with van der Waals surface area (Å²) < 4.78 is 21.6. The van der Waals surface area contributed by atoms with E-state index in [9.17, 15) is 9.59 Å². The number of nitrogens with one attached hydrogen (secondary N) is 2. The Morgan fingerprint density at radius 1 is 1.06 bits per heavy atom. The minimum absolute atomic E-state index is 0.105. The number of esters is 1. The average Bonchev–Trinajstić information content (AvgIpc) is 2.78. The number of carbonyl (C=O) groups excluding carboxylic acids is 2. The van der Waals surface area contributed by atoms with Crippen molar-refractivity contribution in [3.8, 4) is 11.5 Å². The van der Waals surface area contributed by atoms with E-state index in [0.29, 0.717) is 40.0 Å². The lowest BCUT2D eigenvalue weighted by Crippen LogP contribution is -2.45. The van der Waals surface area contributed by atoms with Gasteiger partial charge in [-0.25, -0.2) is 9.59 Å². The van der Waals surface area contributed by atoms with Crippen molar-refractivity contribution < 1.29 is 28.5 Å². The lowest BCUT2D eigenvalue weighted by molar-refractivity contribution is -0.140. The van der Waals surface area contributed by atoms with Gasteiger partial charge in [-0.15, -0.1) is 0 Å². The van der Waals surface area contributed by atoms with E-state index in [-0.39, 0.29) is 13.2 Å². The molecule has 1 aliphatic heterocycles. The largest absolute Gasteiger partial charge is 0.493 e. The summed E-state index contributed by atoms with van der Waals surface area (Å²) in [4.78, 5) is 24.8. The molecular weight excluding hydrogens is 436 g/mol. The van der Waals surface area contributed by atoms with E-state index < -0.39 is 18.0 Å². The number of carbonyl (C=O) groups is 2. The van der Waals surface area contributed by atoms with E-state index >= 15 is 0 Å². The van der Waals surface area contributed by atoms with Crippen LogP contribution in [0.4, 0.5) is 4.79 Å². The summed E-state index contributed by atoms with van der Waals surface area (Å²) in [5.74, 6) is 0.449. The number of hydrogen-bond donors (Lipinski definition) is 2. The van der Waals surface area contributed by atoms with E-state index in [1.165, 1.54) is 14.2 Å². The van der Waals surface area contributed by atoms with Crippen LogP contribution in [0.1, 0.15) is 24.1 Å². The van der Waals surface area contributed by atoms with Crippen molar-refractivity contribution >= 4 is 23.6 Å². The quantitative estimate of drug-likeness (QED) is 0.437. The van der Waals surface area contributed by atoms with Crippen LogP contribution in [0.2, 0.25) is 5.02 Å². The monoisotopic (exact) mass is 460 g/mol. The molecule has 1 aliphatic rings. The molecule has 1 heterocycles. The summed E-state index contributed by atoms with van der Waals surface area (Å²) in [6, 6.07) is 11.5. The third-order valence-electron chi connectivity index (χ3n) is 4.84. The van der Waals surface area contributed by atoms with Gasteiger partial charge in [0.15, 0.2) is 11.5 Å². The first kappa shape index (κ1) is 23.4. The van der Waals surface area contributed by atoms with Crippen LogP contribution >= 0.6 is 11.6 Å². The van der Waals surface area contributed by atoms with Crippen LogP contribution in [0.25, 0.3) is 0 Å². The first-order chi connectivity index (χ1) is 15.4. The highest BCUT2D eigenvalue weighted by Crippen LogP contribution is 2.35. The maximum atomic E-state index is 12.7. The van der Waals surface area contributed by atoms with E-state index in [4.69, 9.17) is 30.5 Å². The second-order valence-electron chi connectivity index (χ2n) is 7.02. The molecule has 0 unspecified atom stereocenters. The molecule has 0 radical (unpaired) electrons. The molecule has 3 rings (SSSR count). The zero-order chi connectivity index (χ0) is 23.1. The zero-order valence-corrected chi connectivity index (χ0v) is 18.8. The lowest BCUT2D eigenvalue weighted by atomic mass is 9.95. The number of benzene rings is 2. The van der Waals surface area contributed by atoms with Gasteiger partial charge in [0.25, 0.3) is 0 Å². The van der Waals surface area contributed by atoms with Crippen molar-refractivity contribution in [2.24, 2.45) is 0 Å². The highest BCUT2D eigenvalue weighted by atomic mass is 35.5. The van der Waals surface area contributed by atoms with Crippen LogP contribution in [-0.2, 0) is 20.9 Å². The van der Waals surface area contributed by atoms with Crippen molar-refractivity contribution in [2.45, 2.75) is 19.6 Å². The Bertz CT molecular complexity index is 1010. The van der Waals surface area contributed by atoms with E-state index in [1.54, 1.807) is 37.3 Å². The first-order valence-corrected chi connectivity index (χ1v) is 10.3. The number of urea groups is 1. The minimum Gasteiger partial charge on any atom is -0.493 e. The van der Waals surface area contributed by atoms with Crippen LogP contribution in [0.5, 0.6) is 11.5 Å². The number of hydrogen-bond acceptors (Lipinski definition) is 6. The molecule has 0 spiro atoms. The van der Waals surface area contributed by atoms with Gasteiger partial charge in [-0.05, 0) is 42.3 Å². The number of methoxy groups -OCH3 is 2. The van der Waals surface area contributed by atoms with Crippen LogP contribution < -0.4 is 20.1 Å². The molecule has 0 saturated heterocycles. The van der Waals surface area contributed by atoms with Crippen LogP contribution in [0.15, 0.2) is 53.7 Å². The van der Waals surface area contributed by atoms with Crippen LogP contribution in [0.3, 0.4) is 0 Å². The summed E-state index contributed by atoms with van der Waals surface area (Å²) >= 11 is 5.92. The van der Waals surface area contributed by atoms with Gasteiger partial charge < -0.3 is 29.6 Å². The number of ether oxygens (including phenoxy) is 4. The third kappa shape index (κ3) is 5.72. The van der Waals surface area contributed by atoms with Crippen molar-refractivity contribution in [2.75, 3.05) is 27.4 Å². The van der Waals surface area contributed by atoms with Gasteiger partial charge in [-0.2, -0.15) is 0 Å². The highest BCUT2D eigenvalue weighted by Gasteiger charge is 2.32. The summed E-state index contributed by atoms with van der Waals surface area (Å²) in [6.07, 6.45) is 0. The molecule has 0 saturated carbocycles. The summed E-state index contributed by atoms with van der Waals surface area (Å²) in [6.45, 7) is 2.36. The normalized spacial score (nSPS) is 15.6. The lowest BCUT2D eigenvalue weighted by Gasteiger charge is -2.28. The Morgan fingerprint density at radius 2 is 1.81 bits per heavy atom. The van der Waals surface area contributed by atoms with Gasteiger partial charge in [0, 0.05) is 17.8 Å². The summed E-state index contributed by atoms with van der Waals surface area (Å²) in [5, 5.41) is 6.04. The highest BCUT2D eigenvalue weighted by molar-refractivity contribution is 6.30. The Kier molecular flexibility index (Phi) is 7.97. The van der Waals surface area contributed by atoms with E-state index in [2.05, 4.69) is 10.6 Å². The van der Waals surface area contributed by atoms with Crippen molar-refractivity contribution in [1.29, 1.82) is 0 Å². The number of rotatable bonds is 9. The second kappa shape index (κ2) is 10.9. The minimum atomic E-state index is -0.710. The molecule has 2 aromatic rings. The predicted octanol–water partition coefficient (Wildman–Crippen LogP) is 3.75. The molecule has 170 valence electrons. The molecule has 0 aliphatic carbocycles. The third-order valence-corrected chi connectivity index (χ3v) is 5.09.